The van der Waals surface area contributed by atoms with Gasteiger partial charge in [-0.3, -0.25) is 0 Å². The van der Waals surface area contributed by atoms with E-state index < -0.39 is 29.0 Å². The first-order valence-corrected chi connectivity index (χ1v) is 8.56. The number of carbonyl (C=O) groups excluding carboxylic acids is 1. The van der Waals surface area contributed by atoms with E-state index in [1.165, 1.54) is 0 Å². The number of carboxylic acids is 1. The van der Waals surface area contributed by atoms with Gasteiger partial charge in [-0.1, -0.05) is 20.3 Å². The predicted molar refractivity (Wildman–Crippen MR) is 90.9 cm³/mol. The fraction of sp³-hybridized carbons (Fsp3) is 0.882. The van der Waals surface area contributed by atoms with E-state index in [4.69, 9.17) is 14.2 Å². The summed E-state index contributed by atoms with van der Waals surface area (Å²) in [4.78, 5) is 24.5. The zero-order valence-corrected chi connectivity index (χ0v) is 16.0. The van der Waals surface area contributed by atoms with Crippen LogP contribution in [0, 0.1) is 0 Å². The van der Waals surface area contributed by atoms with E-state index >= 15 is 0 Å². The molecule has 2 N–H and O–H groups in total. The van der Waals surface area contributed by atoms with E-state index in [0.29, 0.717) is 19.3 Å². The number of amides is 1. The Bertz CT molecular complexity index is 412. The van der Waals surface area contributed by atoms with Crippen LogP contribution in [0.2, 0.25) is 0 Å². The molecule has 0 spiro atoms. The van der Waals surface area contributed by atoms with Crippen LogP contribution in [-0.4, -0.2) is 47.3 Å². The van der Waals surface area contributed by atoms with Crippen molar-refractivity contribution in [2.24, 2.45) is 0 Å². The monoisotopic (exact) mass is 347 g/mol. The van der Waals surface area contributed by atoms with Crippen molar-refractivity contribution >= 4 is 12.1 Å². The van der Waals surface area contributed by atoms with Crippen LogP contribution in [0.5, 0.6) is 0 Å². The van der Waals surface area contributed by atoms with Gasteiger partial charge in [0.1, 0.15) is 11.1 Å². The van der Waals surface area contributed by atoms with Crippen molar-refractivity contribution in [1.82, 2.24) is 5.32 Å². The van der Waals surface area contributed by atoms with Crippen molar-refractivity contribution in [3.8, 4) is 0 Å². The molecule has 1 amide bonds. The van der Waals surface area contributed by atoms with Gasteiger partial charge in [0.15, 0.2) is 0 Å². The second kappa shape index (κ2) is 9.22. The number of nitrogens with one attached hydrogen (secondary N) is 1. The smallest absolute Gasteiger partial charge is 0.408 e. The molecule has 0 unspecified atom stereocenters. The molecule has 1 atom stereocenters. The zero-order valence-electron chi connectivity index (χ0n) is 16.0. The van der Waals surface area contributed by atoms with E-state index in [1.807, 2.05) is 6.92 Å². The molecule has 0 heterocycles. The summed E-state index contributed by atoms with van der Waals surface area (Å²) in [5.41, 5.74) is -1.94. The van der Waals surface area contributed by atoms with E-state index in [0.717, 1.165) is 0 Å². The fourth-order valence-electron chi connectivity index (χ4n) is 2.79. The van der Waals surface area contributed by atoms with Gasteiger partial charge in [0.2, 0.25) is 0 Å². The number of carbonyl (C=O) groups is 2. The minimum absolute atomic E-state index is 0.133. The molecule has 142 valence electrons. The van der Waals surface area contributed by atoms with E-state index in [-0.39, 0.29) is 13.2 Å². The van der Waals surface area contributed by atoms with Crippen molar-refractivity contribution in [1.29, 1.82) is 0 Å². The van der Waals surface area contributed by atoms with Crippen molar-refractivity contribution in [2.75, 3.05) is 13.2 Å². The van der Waals surface area contributed by atoms with Crippen LogP contribution >= 0.6 is 0 Å². The summed E-state index contributed by atoms with van der Waals surface area (Å²) in [5.74, 6) is -3.24. The highest BCUT2D eigenvalue weighted by Crippen LogP contribution is 2.36. The van der Waals surface area contributed by atoms with Crippen molar-refractivity contribution in [3.05, 3.63) is 0 Å². The number of hydrogen-bond donors (Lipinski definition) is 2. The van der Waals surface area contributed by atoms with Gasteiger partial charge in [-0.15, -0.1) is 0 Å². The number of ether oxygens (including phenoxy) is 3. The highest BCUT2D eigenvalue weighted by atomic mass is 16.7. The van der Waals surface area contributed by atoms with Crippen molar-refractivity contribution in [3.63, 3.8) is 0 Å². The third-order valence-electron chi connectivity index (χ3n) is 3.63. The molecule has 0 bridgehead atoms. The largest absolute Gasteiger partial charge is 0.477 e. The van der Waals surface area contributed by atoms with Crippen LogP contribution in [-0.2, 0) is 19.0 Å². The van der Waals surface area contributed by atoms with Gasteiger partial charge in [0.05, 0.1) is 0 Å². The second-order valence-corrected chi connectivity index (χ2v) is 6.60. The van der Waals surface area contributed by atoms with Crippen LogP contribution in [0.25, 0.3) is 0 Å². The van der Waals surface area contributed by atoms with Crippen LogP contribution in [0.4, 0.5) is 4.79 Å². The van der Waals surface area contributed by atoms with E-state index in [1.54, 1.807) is 41.5 Å². The summed E-state index contributed by atoms with van der Waals surface area (Å²) >= 11 is 0. The maximum Gasteiger partial charge on any atom is 0.408 e. The maximum atomic E-state index is 12.3. The number of carboxylic acid groups (broad SMARTS) is 1. The quantitative estimate of drug-likeness (QED) is 0.589. The average molecular weight is 347 g/mol. The highest BCUT2D eigenvalue weighted by Gasteiger charge is 2.59. The lowest BCUT2D eigenvalue weighted by molar-refractivity contribution is -0.275. The normalized spacial score (nSPS) is 14.8. The first-order valence-electron chi connectivity index (χ1n) is 8.56. The molecular weight excluding hydrogens is 314 g/mol. The predicted octanol–water partition coefficient (Wildman–Crippen LogP) is 3.31. The Hall–Kier alpha value is -1.34. The van der Waals surface area contributed by atoms with Crippen LogP contribution in [0.1, 0.15) is 67.7 Å². The lowest BCUT2D eigenvalue weighted by Gasteiger charge is -2.46. The van der Waals surface area contributed by atoms with E-state index in [9.17, 15) is 14.7 Å². The molecule has 0 aromatic rings. The minimum atomic E-state index is -1.97. The Kier molecular flexibility index (Phi) is 8.71. The maximum absolute atomic E-state index is 12.3. The topological polar surface area (TPSA) is 94.1 Å². The summed E-state index contributed by atoms with van der Waals surface area (Å²) in [6.45, 7) is 12.6. The van der Waals surface area contributed by atoms with E-state index in [2.05, 4.69) is 5.32 Å². The molecule has 0 saturated carbocycles. The summed E-state index contributed by atoms with van der Waals surface area (Å²) in [6.07, 6.45) is 0.628. The standard InChI is InChI=1S/C17H33NO6/c1-8-12-16(9-2,18-14(21)24-15(5,6)7)17(13(19)20,22-10-3)23-11-4/h8-12H2,1-7H3,(H,18,21)(H,19,20)/t16-/m1/s1. The van der Waals surface area contributed by atoms with Gasteiger partial charge >= 0.3 is 12.1 Å². The van der Waals surface area contributed by atoms with Gasteiger partial charge in [-0.2, -0.15) is 0 Å². The summed E-state index contributed by atoms with van der Waals surface area (Å²) in [5, 5.41) is 12.6. The molecule has 0 aliphatic rings. The molecule has 0 radical (unpaired) electrons. The highest BCUT2D eigenvalue weighted by molar-refractivity contribution is 5.80. The summed E-state index contributed by atoms with van der Waals surface area (Å²) in [6, 6.07) is 0. The molecule has 0 fully saturated rings. The Morgan fingerprint density at radius 3 is 1.79 bits per heavy atom. The summed E-state index contributed by atoms with van der Waals surface area (Å²) < 4.78 is 16.5. The average Bonchev–Trinajstić information content (AvgIpc) is 2.43. The Labute approximate surface area is 145 Å². The fourth-order valence-corrected chi connectivity index (χ4v) is 2.79. The molecular formula is C17H33NO6. The lowest BCUT2D eigenvalue weighted by Crippen LogP contribution is -2.70. The first-order chi connectivity index (χ1) is 11.0. The zero-order chi connectivity index (χ0) is 19.0. The number of hydrogen-bond acceptors (Lipinski definition) is 5. The van der Waals surface area contributed by atoms with Crippen LogP contribution < -0.4 is 5.32 Å². The molecule has 7 nitrogen and oxygen atoms in total. The molecule has 0 aromatic carbocycles. The van der Waals surface area contributed by atoms with Gasteiger partial charge in [0, 0.05) is 13.2 Å². The number of aliphatic carboxylic acids is 1. The van der Waals surface area contributed by atoms with Crippen molar-refractivity contribution < 1.29 is 28.9 Å². The third-order valence-corrected chi connectivity index (χ3v) is 3.63. The molecule has 0 aliphatic heterocycles. The molecule has 7 heteroatoms. The Balaban J connectivity index is 5.96. The minimum Gasteiger partial charge on any atom is -0.477 e. The molecule has 24 heavy (non-hydrogen) atoms. The first kappa shape index (κ1) is 22.7. The molecule has 0 aromatic heterocycles. The van der Waals surface area contributed by atoms with Gasteiger partial charge in [-0.25, -0.2) is 9.59 Å². The Morgan fingerprint density at radius 2 is 1.50 bits per heavy atom. The van der Waals surface area contributed by atoms with Crippen LogP contribution in [0.3, 0.4) is 0 Å². The van der Waals surface area contributed by atoms with Gasteiger partial charge < -0.3 is 24.6 Å². The SMILES string of the molecule is CCC[C@@](CC)(NC(=O)OC(C)(C)C)C(OCC)(OCC)C(=O)O. The van der Waals surface area contributed by atoms with Gasteiger partial charge in [-0.05, 0) is 47.5 Å². The van der Waals surface area contributed by atoms with Gasteiger partial charge in [0.25, 0.3) is 5.79 Å². The molecule has 0 rings (SSSR count). The lowest BCUT2D eigenvalue weighted by atomic mass is 9.81. The summed E-state index contributed by atoms with van der Waals surface area (Å²) in [7, 11) is 0. The van der Waals surface area contributed by atoms with Crippen LogP contribution in [0.15, 0.2) is 0 Å². The van der Waals surface area contributed by atoms with Crippen molar-refractivity contribution in [2.45, 2.75) is 84.7 Å². The Morgan fingerprint density at radius 1 is 1.00 bits per heavy atom. The second-order valence-electron chi connectivity index (χ2n) is 6.60. The third kappa shape index (κ3) is 5.34. The number of alkyl carbamates (subject to hydrolysis) is 1. The molecule has 0 aliphatic carbocycles. The number of rotatable bonds is 10. The molecule has 0 saturated heterocycles.